The summed E-state index contributed by atoms with van der Waals surface area (Å²) in [5.74, 6) is 2.23. The van der Waals surface area contributed by atoms with Gasteiger partial charge in [0.1, 0.15) is 17.1 Å². The lowest BCUT2D eigenvalue weighted by molar-refractivity contribution is -0.657. The molecule has 3 heterocycles. The normalized spacial score (nSPS) is 15.6. The van der Waals surface area contributed by atoms with Gasteiger partial charge in [0, 0.05) is 5.56 Å². The van der Waals surface area contributed by atoms with Gasteiger partial charge in [0.05, 0.1) is 18.9 Å². The van der Waals surface area contributed by atoms with Crippen LogP contribution in [-0.2, 0) is 7.05 Å². The monoisotopic (exact) mass is 349 g/mol. The predicted molar refractivity (Wildman–Crippen MR) is 111 cm³/mol. The Labute approximate surface area is 157 Å². The summed E-state index contributed by atoms with van der Waals surface area (Å²) in [6, 6.07) is 4.32. The molecule has 0 atom stereocenters. The molecular formula is C19H27B2N4O+. The van der Waals surface area contributed by atoms with Gasteiger partial charge >= 0.3 is 14.0 Å². The highest BCUT2D eigenvalue weighted by atomic mass is 16.5. The lowest BCUT2D eigenvalue weighted by atomic mass is 9.76. The van der Waals surface area contributed by atoms with Crippen LogP contribution in [-0.4, -0.2) is 28.1 Å². The number of anilines is 4. The molecule has 134 valence electrons. The maximum atomic E-state index is 5.99. The number of hydrogen-bond donors (Lipinski definition) is 0. The summed E-state index contributed by atoms with van der Waals surface area (Å²) in [6.45, 7) is 11.2. The van der Waals surface area contributed by atoms with E-state index in [-0.39, 0.29) is 14.0 Å². The topological polar surface area (TPSA) is 22.8 Å². The van der Waals surface area contributed by atoms with Crippen molar-refractivity contribution in [2.45, 2.75) is 34.4 Å². The fourth-order valence-electron chi connectivity index (χ4n) is 4.43. The van der Waals surface area contributed by atoms with Gasteiger partial charge in [-0.2, -0.15) is 0 Å². The molecule has 1 aromatic carbocycles. The maximum Gasteiger partial charge on any atom is 0.498 e. The molecule has 0 saturated carbocycles. The van der Waals surface area contributed by atoms with Gasteiger partial charge in [0.2, 0.25) is 0 Å². The predicted octanol–water partition coefficient (Wildman–Crippen LogP) is 3.09. The zero-order valence-corrected chi connectivity index (χ0v) is 17.1. The Bertz CT molecular complexity index is 917. The molecule has 0 spiro atoms. The molecule has 0 aliphatic carbocycles. The van der Waals surface area contributed by atoms with Gasteiger partial charge < -0.3 is 14.3 Å². The minimum absolute atomic E-state index is 0.0749. The summed E-state index contributed by atoms with van der Waals surface area (Å²) >= 11 is 0. The van der Waals surface area contributed by atoms with Crippen LogP contribution >= 0.6 is 0 Å². The van der Waals surface area contributed by atoms with Gasteiger partial charge in [-0.3, -0.25) is 4.81 Å². The molecule has 0 bridgehead atoms. The van der Waals surface area contributed by atoms with Gasteiger partial charge in [0.15, 0.2) is 0 Å². The second kappa shape index (κ2) is 5.60. The third-order valence-corrected chi connectivity index (χ3v) is 6.22. The van der Waals surface area contributed by atoms with Crippen molar-refractivity contribution in [1.29, 1.82) is 0 Å². The molecule has 0 N–H and O–H groups in total. The molecule has 0 saturated heterocycles. The Hall–Kier alpha value is -2.30. The van der Waals surface area contributed by atoms with E-state index in [9.17, 15) is 0 Å². The summed E-state index contributed by atoms with van der Waals surface area (Å²) in [6.07, 6.45) is 2.23. The molecule has 7 heteroatoms. The third kappa shape index (κ3) is 2.09. The molecule has 5 nitrogen and oxygen atoms in total. The SMILES string of the molecule is CB1Oc2ccc(N3B(C)N(C)c4c(C)c(C)c[n+](C)c43)c(C)c2N1C. The molecule has 4 rings (SSSR count). The highest BCUT2D eigenvalue weighted by Crippen LogP contribution is 2.47. The number of pyridine rings is 1. The van der Waals surface area contributed by atoms with E-state index >= 15 is 0 Å². The van der Waals surface area contributed by atoms with Crippen molar-refractivity contribution in [2.75, 3.05) is 28.5 Å². The van der Waals surface area contributed by atoms with Crippen molar-refractivity contribution >= 4 is 36.9 Å². The average Bonchev–Trinajstić information content (AvgIpc) is 3.02. The van der Waals surface area contributed by atoms with Crippen molar-refractivity contribution in [3.05, 3.63) is 35.0 Å². The van der Waals surface area contributed by atoms with Crippen LogP contribution in [0.25, 0.3) is 0 Å². The number of aromatic nitrogens is 1. The van der Waals surface area contributed by atoms with Gasteiger partial charge in [0.25, 0.3) is 5.82 Å². The summed E-state index contributed by atoms with van der Waals surface area (Å²) in [4.78, 5) is 7.06. The van der Waals surface area contributed by atoms with Crippen LogP contribution in [0, 0.1) is 20.8 Å². The fourth-order valence-corrected chi connectivity index (χ4v) is 4.43. The van der Waals surface area contributed by atoms with Crippen LogP contribution in [0.4, 0.5) is 22.9 Å². The van der Waals surface area contributed by atoms with Crippen LogP contribution < -0.4 is 23.7 Å². The van der Waals surface area contributed by atoms with E-state index in [1.54, 1.807) is 0 Å². The second-order valence-electron chi connectivity index (χ2n) is 7.72. The van der Waals surface area contributed by atoms with Crippen molar-refractivity contribution < 1.29 is 9.22 Å². The van der Waals surface area contributed by atoms with Gasteiger partial charge in [-0.25, -0.2) is 4.57 Å². The van der Waals surface area contributed by atoms with E-state index in [4.69, 9.17) is 4.65 Å². The summed E-state index contributed by atoms with van der Waals surface area (Å²) < 4.78 is 8.24. The highest BCUT2D eigenvalue weighted by Gasteiger charge is 2.48. The molecular weight excluding hydrogens is 322 g/mol. The molecule has 2 aliphatic rings. The summed E-state index contributed by atoms with van der Waals surface area (Å²) in [5, 5.41) is 0. The highest BCUT2D eigenvalue weighted by molar-refractivity contribution is 6.70. The largest absolute Gasteiger partial charge is 0.540 e. The molecule has 0 unspecified atom stereocenters. The number of hydrogen-bond acceptors (Lipinski definition) is 4. The minimum Gasteiger partial charge on any atom is -0.540 e. The van der Waals surface area contributed by atoms with Gasteiger partial charge in [-0.1, -0.05) is 0 Å². The number of aryl methyl sites for hydroxylation is 2. The number of rotatable bonds is 1. The molecule has 2 aliphatic heterocycles. The van der Waals surface area contributed by atoms with Crippen molar-refractivity contribution in [1.82, 2.24) is 0 Å². The summed E-state index contributed by atoms with van der Waals surface area (Å²) in [7, 11) is 6.51. The summed E-state index contributed by atoms with van der Waals surface area (Å²) in [5.41, 5.74) is 7.69. The van der Waals surface area contributed by atoms with E-state index < -0.39 is 0 Å². The standard InChI is InChI=1S/C19H27B2N4O/c1-12-11-22(6)19-18(13(12)2)23(7)20(4)25(19)15-9-10-16-17(14(15)3)24(8)21(5)26-16/h9-11H,1-8H3/q+1. The van der Waals surface area contributed by atoms with Gasteiger partial charge in [-0.15, -0.1) is 0 Å². The molecule has 26 heavy (non-hydrogen) atoms. The molecule has 1 aromatic heterocycles. The number of nitrogens with zero attached hydrogens (tertiary/aromatic N) is 4. The first-order valence-electron chi connectivity index (χ1n) is 9.29. The minimum atomic E-state index is 0.0749. The zero-order chi connectivity index (χ0) is 18.9. The van der Waals surface area contributed by atoms with Crippen LogP contribution in [0.1, 0.15) is 16.7 Å². The van der Waals surface area contributed by atoms with Crippen LogP contribution in [0.15, 0.2) is 18.3 Å². The second-order valence-corrected chi connectivity index (χ2v) is 7.72. The number of benzene rings is 1. The van der Waals surface area contributed by atoms with E-state index in [2.05, 4.69) is 92.9 Å². The van der Waals surface area contributed by atoms with E-state index in [0.717, 1.165) is 5.75 Å². The lowest BCUT2D eigenvalue weighted by Crippen LogP contribution is -2.44. The smallest absolute Gasteiger partial charge is 0.498 e. The van der Waals surface area contributed by atoms with Crippen LogP contribution in [0.3, 0.4) is 0 Å². The fraction of sp³-hybridized carbons (Fsp3) is 0.421. The van der Waals surface area contributed by atoms with Crippen molar-refractivity contribution in [3.63, 3.8) is 0 Å². The Morgan fingerprint density at radius 3 is 2.35 bits per heavy atom. The Balaban J connectivity index is 1.94. The molecule has 0 radical (unpaired) electrons. The van der Waals surface area contributed by atoms with Crippen LogP contribution in [0.2, 0.25) is 13.6 Å². The Kier molecular flexibility index (Phi) is 3.69. The quantitative estimate of drug-likeness (QED) is 0.583. The van der Waals surface area contributed by atoms with Crippen molar-refractivity contribution in [2.24, 2.45) is 7.05 Å². The lowest BCUT2D eigenvalue weighted by Gasteiger charge is -2.22. The van der Waals surface area contributed by atoms with E-state index in [0.29, 0.717) is 0 Å². The van der Waals surface area contributed by atoms with E-state index in [1.807, 2.05) is 0 Å². The first-order valence-corrected chi connectivity index (χ1v) is 9.29. The molecule has 2 aromatic rings. The van der Waals surface area contributed by atoms with E-state index in [1.165, 1.54) is 39.6 Å². The number of fused-ring (bicyclic) bond motifs is 2. The molecule has 0 amide bonds. The first kappa shape index (κ1) is 17.1. The van der Waals surface area contributed by atoms with Gasteiger partial charge in [-0.05, 0) is 71.8 Å². The molecule has 0 fully saturated rings. The average molecular weight is 349 g/mol. The first-order chi connectivity index (χ1) is 12.2. The maximum absolute atomic E-state index is 5.99. The Morgan fingerprint density at radius 2 is 1.65 bits per heavy atom. The third-order valence-electron chi connectivity index (χ3n) is 6.22. The Morgan fingerprint density at radius 1 is 0.962 bits per heavy atom. The van der Waals surface area contributed by atoms with Crippen LogP contribution in [0.5, 0.6) is 5.75 Å². The van der Waals surface area contributed by atoms with Crippen molar-refractivity contribution in [3.8, 4) is 5.75 Å². The zero-order valence-electron chi connectivity index (χ0n) is 17.1.